The molecular weight excluding hydrogens is 230 g/mol. The van der Waals surface area contributed by atoms with Gasteiger partial charge in [0, 0.05) is 11.8 Å². The fraction of sp³-hybridized carbons (Fsp3) is 0.143. The van der Waals surface area contributed by atoms with E-state index < -0.39 is 5.97 Å². The molecule has 1 aromatic carbocycles. The van der Waals surface area contributed by atoms with Crippen LogP contribution in [0.2, 0.25) is 0 Å². The number of nitrogens with zero attached hydrogens (tertiary/aromatic N) is 1. The van der Waals surface area contributed by atoms with Crippen LogP contribution in [0.5, 0.6) is 5.75 Å². The molecular formula is C14H13NO3. The van der Waals surface area contributed by atoms with E-state index in [0.717, 1.165) is 0 Å². The molecule has 2 rings (SSSR count). The van der Waals surface area contributed by atoms with Gasteiger partial charge in [0.2, 0.25) is 0 Å². The summed E-state index contributed by atoms with van der Waals surface area (Å²) < 4.78 is 5.24. The summed E-state index contributed by atoms with van der Waals surface area (Å²) in [6.07, 6.45) is 1.60. The van der Waals surface area contributed by atoms with Gasteiger partial charge in [0.05, 0.1) is 18.4 Å². The first-order valence-corrected chi connectivity index (χ1v) is 5.47. The first-order valence-electron chi connectivity index (χ1n) is 5.47. The average molecular weight is 243 g/mol. The average Bonchev–Trinajstić information content (AvgIpc) is 2.38. The second-order valence-electron chi connectivity index (χ2n) is 3.86. The molecule has 0 bridgehead atoms. The van der Waals surface area contributed by atoms with Gasteiger partial charge in [0.25, 0.3) is 0 Å². The van der Waals surface area contributed by atoms with Gasteiger partial charge in [-0.25, -0.2) is 4.79 Å². The second kappa shape index (κ2) is 4.87. The van der Waals surface area contributed by atoms with E-state index in [2.05, 4.69) is 4.98 Å². The lowest BCUT2D eigenvalue weighted by atomic mass is 10.0. The molecule has 2 aromatic rings. The highest BCUT2D eigenvalue weighted by atomic mass is 16.5. The fourth-order valence-corrected chi connectivity index (χ4v) is 1.87. The number of aromatic carboxylic acids is 1. The van der Waals surface area contributed by atoms with E-state index in [9.17, 15) is 9.90 Å². The minimum Gasteiger partial charge on any atom is -0.496 e. The number of rotatable bonds is 3. The third-order valence-electron chi connectivity index (χ3n) is 2.74. The van der Waals surface area contributed by atoms with Gasteiger partial charge in [-0.15, -0.1) is 0 Å². The molecule has 0 unspecified atom stereocenters. The summed E-state index contributed by atoms with van der Waals surface area (Å²) in [5.41, 5.74) is 2.00. The Morgan fingerprint density at radius 3 is 2.67 bits per heavy atom. The van der Waals surface area contributed by atoms with Crippen LogP contribution in [0.3, 0.4) is 0 Å². The molecule has 0 radical (unpaired) electrons. The summed E-state index contributed by atoms with van der Waals surface area (Å²) in [4.78, 5) is 15.5. The van der Waals surface area contributed by atoms with E-state index in [0.29, 0.717) is 22.6 Å². The molecule has 0 saturated carbocycles. The zero-order valence-electron chi connectivity index (χ0n) is 10.2. The monoisotopic (exact) mass is 243 g/mol. The molecule has 0 aliphatic heterocycles. The lowest BCUT2D eigenvalue weighted by Crippen LogP contribution is -2.05. The Balaban J connectivity index is 2.71. The number of hydrogen-bond acceptors (Lipinski definition) is 3. The number of benzene rings is 1. The van der Waals surface area contributed by atoms with Crippen LogP contribution in [0, 0.1) is 6.92 Å². The maximum atomic E-state index is 11.3. The molecule has 1 aromatic heterocycles. The number of ether oxygens (including phenoxy) is 1. The number of hydrogen-bond donors (Lipinski definition) is 1. The first kappa shape index (κ1) is 12.1. The summed E-state index contributed by atoms with van der Waals surface area (Å²) in [7, 11) is 1.55. The van der Waals surface area contributed by atoms with Gasteiger partial charge in [-0.05, 0) is 30.7 Å². The molecule has 0 amide bonds. The van der Waals surface area contributed by atoms with Crippen LogP contribution in [0.1, 0.15) is 15.9 Å². The maximum absolute atomic E-state index is 11.3. The summed E-state index contributed by atoms with van der Waals surface area (Å²) in [6.45, 7) is 1.75. The minimum absolute atomic E-state index is 0.210. The van der Waals surface area contributed by atoms with Crippen molar-refractivity contribution in [2.75, 3.05) is 7.11 Å². The van der Waals surface area contributed by atoms with E-state index >= 15 is 0 Å². The molecule has 0 saturated heterocycles. The van der Waals surface area contributed by atoms with Crippen LogP contribution in [-0.2, 0) is 0 Å². The lowest BCUT2D eigenvalue weighted by molar-refractivity contribution is 0.0696. The molecule has 0 spiro atoms. The molecule has 1 N–H and O–H groups in total. The Morgan fingerprint density at radius 2 is 2.00 bits per heavy atom. The van der Waals surface area contributed by atoms with Crippen LogP contribution in [-0.4, -0.2) is 23.2 Å². The number of methoxy groups -OCH3 is 1. The predicted molar refractivity (Wildman–Crippen MR) is 67.9 cm³/mol. The van der Waals surface area contributed by atoms with Crippen LogP contribution in [0.25, 0.3) is 11.3 Å². The van der Waals surface area contributed by atoms with Crippen molar-refractivity contribution < 1.29 is 14.6 Å². The van der Waals surface area contributed by atoms with Gasteiger partial charge < -0.3 is 9.84 Å². The Labute approximate surface area is 105 Å². The van der Waals surface area contributed by atoms with Gasteiger partial charge in [-0.1, -0.05) is 12.1 Å². The molecule has 92 valence electrons. The highest BCUT2D eigenvalue weighted by Gasteiger charge is 2.18. The number of aryl methyl sites for hydroxylation is 1. The summed E-state index contributed by atoms with van der Waals surface area (Å²) in [6, 6.07) is 8.92. The molecule has 0 aliphatic carbocycles. The van der Waals surface area contributed by atoms with Crippen molar-refractivity contribution >= 4 is 5.97 Å². The van der Waals surface area contributed by atoms with Crippen molar-refractivity contribution in [2.24, 2.45) is 0 Å². The van der Waals surface area contributed by atoms with Gasteiger partial charge in [0.15, 0.2) is 0 Å². The molecule has 0 aliphatic rings. The molecule has 0 atom stereocenters. The van der Waals surface area contributed by atoms with E-state index in [1.165, 1.54) is 0 Å². The SMILES string of the molecule is COc1ccccc1-c1nccc(C)c1C(=O)O. The molecule has 1 heterocycles. The first-order chi connectivity index (χ1) is 8.65. The van der Waals surface area contributed by atoms with Gasteiger partial charge in [-0.2, -0.15) is 0 Å². The molecule has 18 heavy (non-hydrogen) atoms. The van der Waals surface area contributed by atoms with Crippen molar-refractivity contribution in [3.05, 3.63) is 47.7 Å². The highest BCUT2D eigenvalue weighted by Crippen LogP contribution is 2.31. The fourth-order valence-electron chi connectivity index (χ4n) is 1.87. The van der Waals surface area contributed by atoms with Crippen LogP contribution in [0.15, 0.2) is 36.5 Å². The van der Waals surface area contributed by atoms with E-state index in [1.807, 2.05) is 12.1 Å². The summed E-state index contributed by atoms with van der Waals surface area (Å²) in [5, 5.41) is 9.29. The Bertz CT molecular complexity index is 593. The lowest BCUT2D eigenvalue weighted by Gasteiger charge is -2.11. The normalized spacial score (nSPS) is 10.1. The predicted octanol–water partition coefficient (Wildman–Crippen LogP) is 2.76. The second-order valence-corrected chi connectivity index (χ2v) is 3.86. The molecule has 0 fully saturated rings. The van der Waals surface area contributed by atoms with Gasteiger partial charge >= 0.3 is 5.97 Å². The maximum Gasteiger partial charge on any atom is 0.338 e. The Hall–Kier alpha value is -2.36. The molecule has 4 nitrogen and oxygen atoms in total. The summed E-state index contributed by atoms with van der Waals surface area (Å²) in [5.74, 6) is -0.375. The van der Waals surface area contributed by atoms with E-state index in [-0.39, 0.29) is 5.56 Å². The van der Waals surface area contributed by atoms with Gasteiger partial charge in [0.1, 0.15) is 5.75 Å². The highest BCUT2D eigenvalue weighted by molar-refractivity contribution is 5.97. The summed E-state index contributed by atoms with van der Waals surface area (Å²) >= 11 is 0. The van der Waals surface area contributed by atoms with Crippen molar-refractivity contribution in [2.45, 2.75) is 6.92 Å². The van der Waals surface area contributed by atoms with Crippen LogP contribution in [0.4, 0.5) is 0 Å². The van der Waals surface area contributed by atoms with E-state index in [1.54, 1.807) is 38.4 Å². The standard InChI is InChI=1S/C14H13NO3/c1-9-7-8-15-13(12(9)14(16)17)10-5-3-4-6-11(10)18-2/h3-8H,1-2H3,(H,16,17). The van der Waals surface area contributed by atoms with Crippen molar-refractivity contribution in [3.63, 3.8) is 0 Å². The number of pyridine rings is 1. The van der Waals surface area contributed by atoms with Crippen molar-refractivity contribution in [3.8, 4) is 17.0 Å². The smallest absolute Gasteiger partial charge is 0.338 e. The van der Waals surface area contributed by atoms with Crippen LogP contribution >= 0.6 is 0 Å². The van der Waals surface area contributed by atoms with E-state index in [4.69, 9.17) is 4.74 Å². The zero-order chi connectivity index (χ0) is 13.1. The Morgan fingerprint density at radius 1 is 1.28 bits per heavy atom. The largest absolute Gasteiger partial charge is 0.496 e. The quantitative estimate of drug-likeness (QED) is 0.900. The number of carboxylic acids is 1. The third kappa shape index (κ3) is 2.05. The number of carboxylic acid groups (broad SMARTS) is 1. The van der Waals surface area contributed by atoms with Crippen LogP contribution < -0.4 is 4.74 Å². The van der Waals surface area contributed by atoms with Crippen molar-refractivity contribution in [1.29, 1.82) is 0 Å². The zero-order valence-corrected chi connectivity index (χ0v) is 10.2. The minimum atomic E-state index is -0.985. The number of carbonyl (C=O) groups is 1. The molecule has 4 heteroatoms. The third-order valence-corrected chi connectivity index (χ3v) is 2.74. The number of aromatic nitrogens is 1. The number of para-hydroxylation sites is 1. The van der Waals surface area contributed by atoms with Gasteiger partial charge in [-0.3, -0.25) is 4.98 Å². The topological polar surface area (TPSA) is 59.4 Å². The van der Waals surface area contributed by atoms with Crippen molar-refractivity contribution in [1.82, 2.24) is 4.98 Å². The Kier molecular flexibility index (Phi) is 3.28.